The van der Waals surface area contributed by atoms with E-state index >= 15 is 0 Å². The zero-order chi connectivity index (χ0) is 19.1. The molecular weight excluding hydrogens is 340 g/mol. The number of hydrogen-bond donors (Lipinski definition) is 0. The average Bonchev–Trinajstić information content (AvgIpc) is 2.92. The summed E-state index contributed by atoms with van der Waals surface area (Å²) in [5.41, 5.74) is 2.55. The molecule has 2 aromatic carbocycles. The van der Waals surface area contributed by atoms with Gasteiger partial charge in [-0.2, -0.15) is 0 Å². The van der Waals surface area contributed by atoms with Gasteiger partial charge in [0.15, 0.2) is 0 Å². The van der Waals surface area contributed by atoms with Crippen LogP contribution in [0.4, 0.5) is 0 Å². The molecule has 0 saturated carbocycles. The molecule has 4 rings (SSSR count). The van der Waals surface area contributed by atoms with Crippen molar-refractivity contribution < 1.29 is 14.4 Å². The molecule has 27 heavy (non-hydrogen) atoms. The highest BCUT2D eigenvalue weighted by atomic mass is 16.2. The molecule has 0 unspecified atom stereocenters. The van der Waals surface area contributed by atoms with Gasteiger partial charge in [0.2, 0.25) is 0 Å². The van der Waals surface area contributed by atoms with E-state index in [2.05, 4.69) is 6.58 Å². The summed E-state index contributed by atoms with van der Waals surface area (Å²) in [6.45, 7) is 5.60. The van der Waals surface area contributed by atoms with E-state index in [0.29, 0.717) is 11.1 Å². The summed E-state index contributed by atoms with van der Waals surface area (Å²) in [7, 11) is 0. The fourth-order valence-corrected chi connectivity index (χ4v) is 3.78. The maximum absolute atomic E-state index is 12.8. The van der Waals surface area contributed by atoms with E-state index in [9.17, 15) is 14.4 Å². The molecule has 0 aliphatic carbocycles. The van der Waals surface area contributed by atoms with Crippen LogP contribution in [-0.4, -0.2) is 39.6 Å². The van der Waals surface area contributed by atoms with Gasteiger partial charge in [-0.3, -0.25) is 19.3 Å². The molecule has 2 aromatic rings. The highest BCUT2D eigenvalue weighted by Crippen LogP contribution is 2.36. The Morgan fingerprint density at radius 3 is 2.04 bits per heavy atom. The Morgan fingerprint density at radius 2 is 1.48 bits per heavy atom. The van der Waals surface area contributed by atoms with Crippen molar-refractivity contribution in [3.63, 3.8) is 0 Å². The molecule has 3 amide bonds. The summed E-state index contributed by atoms with van der Waals surface area (Å²) in [6.07, 6.45) is 3.41. The molecule has 2 heterocycles. The topological polar surface area (TPSA) is 57.7 Å². The second-order valence-electron chi connectivity index (χ2n) is 6.64. The number of imide groups is 1. The van der Waals surface area contributed by atoms with Gasteiger partial charge in [-0.1, -0.05) is 55.1 Å². The van der Waals surface area contributed by atoms with Crippen LogP contribution in [0, 0.1) is 0 Å². The van der Waals surface area contributed by atoms with Crippen molar-refractivity contribution in [1.82, 2.24) is 9.80 Å². The highest BCUT2D eigenvalue weighted by molar-refractivity contribution is 6.23. The molecule has 2 aliphatic rings. The van der Waals surface area contributed by atoms with Gasteiger partial charge in [0, 0.05) is 6.20 Å². The van der Waals surface area contributed by atoms with Crippen LogP contribution in [0.1, 0.15) is 33.2 Å². The fourth-order valence-electron chi connectivity index (χ4n) is 3.78. The molecule has 0 spiro atoms. The van der Waals surface area contributed by atoms with Crippen LogP contribution in [0.15, 0.2) is 72.9 Å². The SMILES string of the molecule is C=CN1C(=O)[C@@H](N2C(=O)c3ccccc3C2=O)[C@H]1/C(C)=C/c1ccccc1. The fraction of sp³-hybridized carbons (Fsp3) is 0.136. The molecule has 2 aliphatic heterocycles. The first kappa shape index (κ1) is 17.0. The summed E-state index contributed by atoms with van der Waals surface area (Å²) < 4.78 is 0. The molecule has 0 bridgehead atoms. The Morgan fingerprint density at radius 1 is 0.926 bits per heavy atom. The van der Waals surface area contributed by atoms with E-state index in [1.54, 1.807) is 24.3 Å². The summed E-state index contributed by atoms with van der Waals surface area (Å²) in [5, 5.41) is 0. The molecular formula is C22H18N2O3. The second kappa shape index (κ2) is 6.36. The molecule has 5 nitrogen and oxygen atoms in total. The third kappa shape index (κ3) is 2.51. The van der Waals surface area contributed by atoms with Gasteiger partial charge in [-0.05, 0) is 30.2 Å². The van der Waals surface area contributed by atoms with Crippen molar-refractivity contribution in [2.45, 2.75) is 19.0 Å². The average molecular weight is 358 g/mol. The highest BCUT2D eigenvalue weighted by Gasteiger charge is 2.55. The molecule has 0 aromatic heterocycles. The van der Waals surface area contributed by atoms with Crippen molar-refractivity contribution in [2.24, 2.45) is 0 Å². The standard InChI is InChI=1S/C22H18N2O3/c1-3-23-18(14(2)13-15-9-5-4-6-10-15)19(22(23)27)24-20(25)16-11-7-8-12-17(16)21(24)26/h3-13,18-19H,1H2,2H3/b14-13+/t18-,19+/m1/s1. The lowest BCUT2D eigenvalue weighted by Crippen LogP contribution is -2.70. The first-order valence-corrected chi connectivity index (χ1v) is 8.69. The van der Waals surface area contributed by atoms with E-state index in [1.807, 2.05) is 43.3 Å². The molecule has 0 N–H and O–H groups in total. The van der Waals surface area contributed by atoms with Crippen LogP contribution >= 0.6 is 0 Å². The van der Waals surface area contributed by atoms with Crippen molar-refractivity contribution >= 4 is 23.8 Å². The molecule has 5 heteroatoms. The van der Waals surface area contributed by atoms with E-state index < -0.39 is 23.9 Å². The van der Waals surface area contributed by atoms with E-state index in [0.717, 1.165) is 16.0 Å². The van der Waals surface area contributed by atoms with Crippen LogP contribution in [-0.2, 0) is 4.79 Å². The Bertz CT molecular complexity index is 959. The van der Waals surface area contributed by atoms with Crippen molar-refractivity contribution in [1.29, 1.82) is 0 Å². The van der Waals surface area contributed by atoms with Gasteiger partial charge in [-0.15, -0.1) is 0 Å². The summed E-state index contributed by atoms with van der Waals surface area (Å²) in [4.78, 5) is 40.8. The maximum Gasteiger partial charge on any atom is 0.262 e. The predicted molar refractivity (Wildman–Crippen MR) is 102 cm³/mol. The predicted octanol–water partition coefficient (Wildman–Crippen LogP) is 3.11. The van der Waals surface area contributed by atoms with Crippen molar-refractivity contribution in [3.8, 4) is 0 Å². The van der Waals surface area contributed by atoms with Crippen molar-refractivity contribution in [2.75, 3.05) is 0 Å². The van der Waals surface area contributed by atoms with E-state index in [4.69, 9.17) is 0 Å². The van der Waals surface area contributed by atoms with E-state index in [1.165, 1.54) is 11.1 Å². The third-order valence-corrected chi connectivity index (χ3v) is 5.07. The van der Waals surface area contributed by atoms with Crippen LogP contribution in [0.2, 0.25) is 0 Å². The summed E-state index contributed by atoms with van der Waals surface area (Å²) in [5.74, 6) is -1.14. The van der Waals surface area contributed by atoms with Crippen molar-refractivity contribution in [3.05, 3.63) is 89.6 Å². The Balaban J connectivity index is 1.71. The monoisotopic (exact) mass is 358 g/mol. The Kier molecular flexibility index (Phi) is 4.00. The lowest BCUT2D eigenvalue weighted by Gasteiger charge is -2.48. The molecule has 2 atom stereocenters. The van der Waals surface area contributed by atoms with Gasteiger partial charge in [0.05, 0.1) is 17.2 Å². The number of β-lactam (4-membered cyclic amide) rings is 1. The number of carbonyl (C=O) groups excluding carboxylic acids is 3. The minimum atomic E-state index is -0.852. The largest absolute Gasteiger partial charge is 0.308 e. The number of nitrogens with zero attached hydrogens (tertiary/aromatic N) is 2. The van der Waals surface area contributed by atoms with Crippen LogP contribution in [0.25, 0.3) is 6.08 Å². The Labute approximate surface area is 157 Å². The summed E-state index contributed by atoms with van der Waals surface area (Å²) >= 11 is 0. The van der Waals surface area contributed by atoms with Gasteiger partial charge >= 0.3 is 0 Å². The molecule has 1 fully saturated rings. The lowest BCUT2D eigenvalue weighted by atomic mass is 9.87. The summed E-state index contributed by atoms with van der Waals surface area (Å²) in [6, 6.07) is 15.1. The van der Waals surface area contributed by atoms with Gasteiger partial charge in [-0.25, -0.2) is 0 Å². The van der Waals surface area contributed by atoms with Gasteiger partial charge in [0.1, 0.15) is 6.04 Å². The maximum atomic E-state index is 12.8. The van der Waals surface area contributed by atoms with Gasteiger partial charge < -0.3 is 4.90 Å². The number of rotatable bonds is 4. The number of benzene rings is 2. The number of fused-ring (bicyclic) bond motifs is 1. The normalized spacial score (nSPS) is 22.0. The number of likely N-dealkylation sites (tertiary alicyclic amines) is 1. The van der Waals surface area contributed by atoms with Gasteiger partial charge in [0.25, 0.3) is 17.7 Å². The minimum absolute atomic E-state index is 0.301. The zero-order valence-corrected chi connectivity index (χ0v) is 14.8. The Hall–Kier alpha value is -3.47. The van der Waals surface area contributed by atoms with Crippen LogP contribution < -0.4 is 0 Å². The second-order valence-corrected chi connectivity index (χ2v) is 6.64. The first-order chi connectivity index (χ1) is 13.0. The lowest BCUT2D eigenvalue weighted by molar-refractivity contribution is -0.147. The van der Waals surface area contributed by atoms with Crippen LogP contribution in [0.3, 0.4) is 0 Å². The third-order valence-electron chi connectivity index (χ3n) is 5.07. The number of carbonyl (C=O) groups is 3. The molecule has 0 radical (unpaired) electrons. The zero-order valence-electron chi connectivity index (χ0n) is 14.8. The number of hydrogen-bond acceptors (Lipinski definition) is 3. The first-order valence-electron chi connectivity index (χ1n) is 8.69. The smallest absolute Gasteiger partial charge is 0.262 e. The molecule has 1 saturated heterocycles. The van der Waals surface area contributed by atoms with E-state index in [-0.39, 0.29) is 5.91 Å². The molecule has 134 valence electrons. The number of amides is 3. The minimum Gasteiger partial charge on any atom is -0.308 e. The quantitative estimate of drug-likeness (QED) is 0.623. The van der Waals surface area contributed by atoms with Crippen LogP contribution in [0.5, 0.6) is 0 Å².